The van der Waals surface area contributed by atoms with Gasteiger partial charge < -0.3 is 15.2 Å². The first kappa shape index (κ1) is 12.8. The minimum atomic E-state index is 0.195. The molecule has 2 N–H and O–H groups in total. The predicted octanol–water partition coefficient (Wildman–Crippen LogP) is 2.88. The lowest BCUT2D eigenvalue weighted by molar-refractivity contribution is 0.406. The number of ether oxygens (including phenoxy) is 1. The maximum atomic E-state index is 9.82. The molecule has 0 unspecified atom stereocenters. The van der Waals surface area contributed by atoms with Crippen LogP contribution < -0.4 is 10.1 Å². The first-order chi connectivity index (χ1) is 9.22. The van der Waals surface area contributed by atoms with E-state index in [1.807, 2.05) is 18.2 Å². The molecule has 0 aliphatic rings. The van der Waals surface area contributed by atoms with Gasteiger partial charge in [-0.15, -0.1) is 0 Å². The summed E-state index contributed by atoms with van der Waals surface area (Å²) in [6, 6.07) is 14.4. The largest absolute Gasteiger partial charge is 0.507 e. The number of aromatic hydroxyl groups is 1. The molecule has 4 heteroatoms. The third-order valence-corrected chi connectivity index (χ3v) is 2.79. The van der Waals surface area contributed by atoms with Gasteiger partial charge in [-0.2, -0.15) is 5.26 Å². The molecule has 0 aliphatic carbocycles. The fraction of sp³-hybridized carbons (Fsp3) is 0.133. The lowest BCUT2D eigenvalue weighted by Gasteiger charge is -2.09. The molecule has 0 amide bonds. The number of nitrogens with zero attached hydrogens (tertiary/aromatic N) is 1. The second kappa shape index (κ2) is 5.78. The summed E-state index contributed by atoms with van der Waals surface area (Å²) >= 11 is 0. The van der Waals surface area contributed by atoms with Crippen molar-refractivity contribution in [3.8, 4) is 17.6 Å². The average molecular weight is 254 g/mol. The molecule has 0 aliphatic heterocycles. The van der Waals surface area contributed by atoms with E-state index in [0.717, 1.165) is 11.3 Å². The molecule has 0 heterocycles. The smallest absolute Gasteiger partial charge is 0.124 e. The highest BCUT2D eigenvalue weighted by atomic mass is 16.5. The Morgan fingerprint density at radius 1 is 1.21 bits per heavy atom. The quantitative estimate of drug-likeness (QED) is 0.880. The molecule has 0 saturated heterocycles. The Kier molecular flexibility index (Phi) is 3.89. The van der Waals surface area contributed by atoms with E-state index in [-0.39, 0.29) is 5.75 Å². The highest BCUT2D eigenvalue weighted by Gasteiger charge is 2.03. The van der Waals surface area contributed by atoms with Gasteiger partial charge in [0, 0.05) is 23.9 Å². The molecule has 0 fully saturated rings. The molecule has 4 nitrogen and oxygen atoms in total. The van der Waals surface area contributed by atoms with E-state index in [1.165, 1.54) is 0 Å². The summed E-state index contributed by atoms with van der Waals surface area (Å²) in [5.74, 6) is 0.820. The molecule has 0 bridgehead atoms. The summed E-state index contributed by atoms with van der Waals surface area (Å²) < 4.78 is 5.03. The third kappa shape index (κ3) is 3.17. The maximum Gasteiger partial charge on any atom is 0.124 e. The maximum absolute atomic E-state index is 9.82. The number of phenolic OH excluding ortho intramolecular Hbond substituents is 1. The van der Waals surface area contributed by atoms with Gasteiger partial charge in [-0.1, -0.05) is 0 Å². The summed E-state index contributed by atoms with van der Waals surface area (Å²) in [4.78, 5) is 0. The molecule has 2 rings (SSSR count). The van der Waals surface area contributed by atoms with Crippen LogP contribution in [0.1, 0.15) is 11.1 Å². The van der Waals surface area contributed by atoms with E-state index in [1.54, 1.807) is 31.4 Å². The molecule has 0 spiro atoms. The minimum absolute atomic E-state index is 0.195. The van der Waals surface area contributed by atoms with Crippen molar-refractivity contribution >= 4 is 5.69 Å². The van der Waals surface area contributed by atoms with Crippen LogP contribution in [0.3, 0.4) is 0 Å². The summed E-state index contributed by atoms with van der Waals surface area (Å²) in [5, 5.41) is 21.7. The number of rotatable bonds is 4. The fourth-order valence-electron chi connectivity index (χ4n) is 1.68. The number of hydrogen-bond acceptors (Lipinski definition) is 4. The van der Waals surface area contributed by atoms with Crippen molar-refractivity contribution in [2.45, 2.75) is 6.54 Å². The van der Waals surface area contributed by atoms with Crippen molar-refractivity contribution in [2.24, 2.45) is 0 Å². The van der Waals surface area contributed by atoms with Crippen molar-refractivity contribution in [3.05, 3.63) is 53.6 Å². The number of methoxy groups -OCH3 is 1. The van der Waals surface area contributed by atoms with Gasteiger partial charge in [-0.05, 0) is 36.4 Å². The monoisotopic (exact) mass is 254 g/mol. The number of hydrogen-bond donors (Lipinski definition) is 2. The summed E-state index contributed by atoms with van der Waals surface area (Å²) in [5.41, 5.74) is 2.30. The van der Waals surface area contributed by atoms with Crippen molar-refractivity contribution < 1.29 is 9.84 Å². The third-order valence-electron chi connectivity index (χ3n) is 2.79. The molecule has 0 aromatic heterocycles. The molecule has 0 saturated carbocycles. The Labute approximate surface area is 111 Å². The average Bonchev–Trinajstić information content (AvgIpc) is 2.46. The van der Waals surface area contributed by atoms with Gasteiger partial charge in [-0.25, -0.2) is 0 Å². The van der Waals surface area contributed by atoms with Gasteiger partial charge in [0.25, 0.3) is 0 Å². The van der Waals surface area contributed by atoms with Crippen LogP contribution >= 0.6 is 0 Å². The van der Waals surface area contributed by atoms with E-state index in [0.29, 0.717) is 17.9 Å². The van der Waals surface area contributed by atoms with Crippen LogP contribution in [0.4, 0.5) is 5.69 Å². The van der Waals surface area contributed by atoms with Gasteiger partial charge >= 0.3 is 0 Å². The second-order valence-electron chi connectivity index (χ2n) is 4.04. The Hall–Kier alpha value is -2.67. The standard InChI is InChI=1S/C15H14N2O2/c1-19-14-7-4-12(15(18)8-14)10-17-13-5-2-11(9-16)3-6-13/h2-8,17-18H,10H2,1H3. The van der Waals surface area contributed by atoms with Gasteiger partial charge in [-0.3, -0.25) is 0 Å². The SMILES string of the molecule is COc1ccc(CNc2ccc(C#N)cc2)c(O)c1. The number of benzene rings is 2. The molecule has 0 atom stereocenters. The van der Waals surface area contributed by atoms with E-state index < -0.39 is 0 Å². The molecule has 96 valence electrons. The zero-order valence-electron chi connectivity index (χ0n) is 10.6. The first-order valence-electron chi connectivity index (χ1n) is 5.83. The van der Waals surface area contributed by atoms with Gasteiger partial charge in [0.15, 0.2) is 0 Å². The van der Waals surface area contributed by atoms with Crippen LogP contribution in [-0.4, -0.2) is 12.2 Å². The highest BCUT2D eigenvalue weighted by molar-refractivity contribution is 5.49. The molecule has 2 aromatic carbocycles. The first-order valence-corrected chi connectivity index (χ1v) is 5.83. The zero-order chi connectivity index (χ0) is 13.7. The van der Waals surface area contributed by atoms with Crippen LogP contribution in [0, 0.1) is 11.3 Å². The highest BCUT2D eigenvalue weighted by Crippen LogP contribution is 2.24. The number of nitriles is 1. The molecule has 2 aromatic rings. The minimum Gasteiger partial charge on any atom is -0.507 e. The fourth-order valence-corrected chi connectivity index (χ4v) is 1.68. The molecular weight excluding hydrogens is 240 g/mol. The van der Waals surface area contributed by atoms with Gasteiger partial charge in [0.05, 0.1) is 18.7 Å². The van der Waals surface area contributed by atoms with Crippen LogP contribution in [0.25, 0.3) is 0 Å². The Morgan fingerprint density at radius 2 is 1.95 bits per heavy atom. The van der Waals surface area contributed by atoms with Crippen molar-refractivity contribution in [3.63, 3.8) is 0 Å². The second-order valence-corrected chi connectivity index (χ2v) is 4.04. The van der Waals surface area contributed by atoms with E-state index in [2.05, 4.69) is 11.4 Å². The normalized spacial score (nSPS) is 9.68. The molecule has 19 heavy (non-hydrogen) atoms. The summed E-state index contributed by atoms with van der Waals surface area (Å²) in [6.07, 6.45) is 0. The van der Waals surface area contributed by atoms with Crippen LogP contribution in [0.15, 0.2) is 42.5 Å². The lowest BCUT2D eigenvalue weighted by Crippen LogP contribution is -1.99. The molecular formula is C15H14N2O2. The van der Waals surface area contributed by atoms with E-state index in [9.17, 15) is 5.11 Å². The van der Waals surface area contributed by atoms with Crippen LogP contribution in [-0.2, 0) is 6.54 Å². The van der Waals surface area contributed by atoms with E-state index in [4.69, 9.17) is 10.00 Å². The number of nitrogens with one attached hydrogen (secondary N) is 1. The van der Waals surface area contributed by atoms with Gasteiger partial charge in [0.2, 0.25) is 0 Å². The molecule has 0 radical (unpaired) electrons. The number of phenols is 1. The van der Waals surface area contributed by atoms with Crippen molar-refractivity contribution in [1.29, 1.82) is 5.26 Å². The Morgan fingerprint density at radius 3 is 2.53 bits per heavy atom. The Balaban J connectivity index is 2.04. The van der Waals surface area contributed by atoms with Crippen LogP contribution in [0.5, 0.6) is 11.5 Å². The summed E-state index contributed by atoms with van der Waals surface area (Å²) in [7, 11) is 1.56. The van der Waals surface area contributed by atoms with Crippen LogP contribution in [0.2, 0.25) is 0 Å². The van der Waals surface area contributed by atoms with E-state index >= 15 is 0 Å². The number of anilines is 1. The predicted molar refractivity (Wildman–Crippen MR) is 73.1 cm³/mol. The summed E-state index contributed by atoms with van der Waals surface area (Å²) in [6.45, 7) is 0.502. The van der Waals surface area contributed by atoms with Crippen molar-refractivity contribution in [1.82, 2.24) is 0 Å². The lowest BCUT2D eigenvalue weighted by atomic mass is 10.1. The van der Waals surface area contributed by atoms with Crippen molar-refractivity contribution in [2.75, 3.05) is 12.4 Å². The van der Waals surface area contributed by atoms with Gasteiger partial charge in [0.1, 0.15) is 11.5 Å². The zero-order valence-corrected chi connectivity index (χ0v) is 10.6. The topological polar surface area (TPSA) is 65.3 Å². The Bertz CT molecular complexity index is 601.